The molecule has 0 bridgehead atoms. The zero-order valence-electron chi connectivity index (χ0n) is 54.6. The second-order valence-electron chi connectivity index (χ2n) is 26.0. The Morgan fingerprint density at radius 1 is 0.338 bits per heavy atom. The van der Waals surface area contributed by atoms with Crippen LogP contribution in [0.3, 0.4) is 0 Å². The minimum Gasteiger partial charge on any atom is -0.462 e. The molecule has 0 aromatic carbocycles. The van der Waals surface area contributed by atoms with Crippen LogP contribution in [0.25, 0.3) is 0 Å². The molecule has 0 aliphatic carbocycles. The lowest BCUT2D eigenvalue weighted by Crippen LogP contribution is -2.37. The molecular weight excluding hydrogens is 1010 g/mol. The van der Waals surface area contributed by atoms with Gasteiger partial charge in [0.1, 0.15) is 19.8 Å². The first-order chi connectivity index (χ1) is 39.0. The highest BCUT2D eigenvalue weighted by molar-refractivity contribution is 7.47. The first-order valence-corrected chi connectivity index (χ1v) is 37.3. The largest absolute Gasteiger partial charge is 0.472 e. The van der Waals surface area contributed by atoms with Crippen LogP contribution in [0.5, 0.6) is 0 Å². The van der Waals surface area contributed by atoms with Gasteiger partial charge < -0.3 is 18.9 Å². The standard InChI is InChI=1S/C70H140NO8P/c1-6-8-10-12-14-16-18-20-22-24-26-28-29-30-31-32-33-34-35-36-37-38-39-40-41-42-43-45-47-49-51-53-55-57-59-61-63-70(73)79-68(67-78-80(74,75)77-65-64-71(3,4)5)66-76-69(72)62-60-58-56-54-52-50-48-46-44-27-25-23-21-19-17-15-13-11-9-7-2/h68H,6-67H2,1-5H3/p+1. The van der Waals surface area contributed by atoms with E-state index in [-0.39, 0.29) is 25.6 Å². The topological polar surface area (TPSA) is 108 Å². The summed E-state index contributed by atoms with van der Waals surface area (Å²) in [5.41, 5.74) is 0. The third-order valence-electron chi connectivity index (χ3n) is 16.6. The smallest absolute Gasteiger partial charge is 0.462 e. The summed E-state index contributed by atoms with van der Waals surface area (Å²) in [6.45, 7) is 4.53. The van der Waals surface area contributed by atoms with Gasteiger partial charge in [-0.3, -0.25) is 18.6 Å². The number of esters is 2. The number of unbranched alkanes of at least 4 members (excludes halogenated alkanes) is 54. The molecule has 2 unspecified atom stereocenters. The molecule has 0 spiro atoms. The van der Waals surface area contributed by atoms with Gasteiger partial charge in [0.05, 0.1) is 27.7 Å². The van der Waals surface area contributed by atoms with Crippen LogP contribution < -0.4 is 0 Å². The Balaban J connectivity index is 3.90. The van der Waals surface area contributed by atoms with E-state index in [9.17, 15) is 19.0 Å². The summed E-state index contributed by atoms with van der Waals surface area (Å²) < 4.78 is 34.7. The second kappa shape index (κ2) is 62.5. The van der Waals surface area contributed by atoms with Crippen LogP contribution in [0.1, 0.15) is 386 Å². The van der Waals surface area contributed by atoms with Crippen molar-refractivity contribution in [3.63, 3.8) is 0 Å². The third kappa shape index (κ3) is 66.2. The Morgan fingerprint density at radius 3 is 0.800 bits per heavy atom. The van der Waals surface area contributed by atoms with E-state index in [2.05, 4.69) is 13.8 Å². The van der Waals surface area contributed by atoms with Gasteiger partial charge in [-0.2, -0.15) is 0 Å². The van der Waals surface area contributed by atoms with Crippen molar-refractivity contribution in [2.75, 3.05) is 47.5 Å². The average molecular weight is 1160 g/mol. The van der Waals surface area contributed by atoms with Crippen LogP contribution in [0, 0.1) is 0 Å². The molecule has 2 atom stereocenters. The molecule has 0 aliphatic rings. The zero-order chi connectivity index (χ0) is 58.4. The van der Waals surface area contributed by atoms with Gasteiger partial charge in [0.15, 0.2) is 6.10 Å². The molecule has 80 heavy (non-hydrogen) atoms. The highest BCUT2D eigenvalue weighted by Crippen LogP contribution is 2.43. The summed E-state index contributed by atoms with van der Waals surface area (Å²) in [5.74, 6) is -0.768. The van der Waals surface area contributed by atoms with E-state index in [1.165, 1.54) is 321 Å². The van der Waals surface area contributed by atoms with E-state index in [4.69, 9.17) is 18.5 Å². The van der Waals surface area contributed by atoms with E-state index in [0.29, 0.717) is 17.4 Å². The quantitative estimate of drug-likeness (QED) is 0.0278. The molecule has 0 saturated heterocycles. The van der Waals surface area contributed by atoms with Crippen LogP contribution in [-0.2, 0) is 32.7 Å². The lowest BCUT2D eigenvalue weighted by Gasteiger charge is -2.24. The number of carbonyl (C=O) groups excluding carboxylic acids is 2. The van der Waals surface area contributed by atoms with Gasteiger partial charge in [0, 0.05) is 12.8 Å². The van der Waals surface area contributed by atoms with E-state index in [0.717, 1.165) is 38.5 Å². The minimum absolute atomic E-state index is 0.0377. The molecule has 0 aromatic heterocycles. The summed E-state index contributed by atoms with van der Waals surface area (Å²) in [5, 5.41) is 0. The molecule has 1 N–H and O–H groups in total. The number of nitrogens with zero attached hydrogens (tertiary/aromatic N) is 1. The number of likely N-dealkylation sites (N-methyl/N-ethyl adjacent to an activating group) is 1. The van der Waals surface area contributed by atoms with Crippen molar-refractivity contribution in [3.05, 3.63) is 0 Å². The molecule has 0 radical (unpaired) electrons. The number of hydrogen-bond donors (Lipinski definition) is 1. The van der Waals surface area contributed by atoms with Crippen molar-refractivity contribution in [2.24, 2.45) is 0 Å². The maximum atomic E-state index is 12.9. The maximum Gasteiger partial charge on any atom is 0.472 e. The van der Waals surface area contributed by atoms with Crippen LogP contribution in [0.15, 0.2) is 0 Å². The Morgan fingerprint density at radius 2 is 0.562 bits per heavy atom. The highest BCUT2D eigenvalue weighted by atomic mass is 31.2. The first-order valence-electron chi connectivity index (χ1n) is 35.8. The van der Waals surface area contributed by atoms with Crippen molar-refractivity contribution in [1.29, 1.82) is 0 Å². The van der Waals surface area contributed by atoms with Gasteiger partial charge in [0.25, 0.3) is 0 Å². The zero-order valence-corrected chi connectivity index (χ0v) is 55.5. The lowest BCUT2D eigenvalue weighted by atomic mass is 10.0. The predicted molar refractivity (Wildman–Crippen MR) is 345 cm³/mol. The number of quaternary nitrogens is 1. The number of carbonyl (C=O) groups is 2. The van der Waals surface area contributed by atoms with Crippen molar-refractivity contribution >= 4 is 19.8 Å². The number of rotatable bonds is 68. The molecule has 0 fully saturated rings. The monoisotopic (exact) mass is 1160 g/mol. The van der Waals surface area contributed by atoms with Gasteiger partial charge in [0.2, 0.25) is 0 Å². The molecular formula is C70H141NO8P+. The van der Waals surface area contributed by atoms with Crippen LogP contribution in [0.2, 0.25) is 0 Å². The van der Waals surface area contributed by atoms with Crippen molar-refractivity contribution in [2.45, 2.75) is 392 Å². The number of hydrogen-bond acceptors (Lipinski definition) is 7. The van der Waals surface area contributed by atoms with Gasteiger partial charge in [-0.1, -0.05) is 361 Å². The van der Waals surface area contributed by atoms with E-state index >= 15 is 0 Å². The number of phosphoric acid groups is 1. The Bertz CT molecular complexity index is 1310. The fourth-order valence-electron chi connectivity index (χ4n) is 11.1. The summed E-state index contributed by atoms with van der Waals surface area (Å²) in [4.78, 5) is 35.8. The van der Waals surface area contributed by atoms with Gasteiger partial charge in [-0.15, -0.1) is 0 Å². The summed E-state index contributed by atoms with van der Waals surface area (Å²) >= 11 is 0. The SMILES string of the molecule is CCCCCCCCCCCCCCCCCCCCCCCCCCCCCCCCCCCCCCC(=O)OC(COC(=O)CCCCCCCCCCCCCCCCCCCCCC)COP(=O)(O)OCC[N+](C)(C)C. The molecule has 9 nitrogen and oxygen atoms in total. The van der Waals surface area contributed by atoms with Crippen LogP contribution in [0.4, 0.5) is 0 Å². The summed E-state index contributed by atoms with van der Waals surface area (Å²) in [6, 6.07) is 0. The lowest BCUT2D eigenvalue weighted by molar-refractivity contribution is -0.870. The molecule has 0 aliphatic heterocycles. The highest BCUT2D eigenvalue weighted by Gasteiger charge is 2.27. The van der Waals surface area contributed by atoms with Crippen molar-refractivity contribution in [3.8, 4) is 0 Å². The molecule has 478 valence electrons. The Labute approximate surface area is 499 Å². The van der Waals surface area contributed by atoms with E-state index in [1.807, 2.05) is 21.1 Å². The van der Waals surface area contributed by atoms with Gasteiger partial charge in [-0.05, 0) is 12.8 Å². The minimum atomic E-state index is -4.38. The Hall–Kier alpha value is -0.990. The van der Waals surface area contributed by atoms with Crippen LogP contribution >= 0.6 is 7.82 Å². The van der Waals surface area contributed by atoms with E-state index in [1.54, 1.807) is 0 Å². The molecule has 10 heteroatoms. The molecule has 0 rings (SSSR count). The van der Waals surface area contributed by atoms with Crippen LogP contribution in [-0.4, -0.2) is 74.9 Å². The Kier molecular flexibility index (Phi) is 61.8. The molecule has 0 heterocycles. The normalized spacial score (nSPS) is 13.0. The van der Waals surface area contributed by atoms with E-state index < -0.39 is 26.5 Å². The third-order valence-corrected chi connectivity index (χ3v) is 17.6. The predicted octanol–water partition coefficient (Wildman–Crippen LogP) is 22.9. The molecule has 0 amide bonds. The summed E-state index contributed by atoms with van der Waals surface area (Å²) in [7, 11) is 1.51. The van der Waals surface area contributed by atoms with Crippen molar-refractivity contribution in [1.82, 2.24) is 0 Å². The van der Waals surface area contributed by atoms with Gasteiger partial charge >= 0.3 is 19.8 Å². The summed E-state index contributed by atoms with van der Waals surface area (Å²) in [6.07, 6.45) is 75.2. The second-order valence-corrected chi connectivity index (χ2v) is 27.5. The fraction of sp³-hybridized carbons (Fsp3) is 0.971. The number of phosphoric ester groups is 1. The molecule has 0 saturated carbocycles. The first kappa shape index (κ1) is 79.0. The van der Waals surface area contributed by atoms with Crippen molar-refractivity contribution < 1.29 is 42.1 Å². The average Bonchev–Trinajstić information content (AvgIpc) is 3.42. The van der Waals surface area contributed by atoms with Gasteiger partial charge in [-0.25, -0.2) is 4.57 Å². The maximum absolute atomic E-state index is 12.9. The molecule has 0 aromatic rings. The number of ether oxygens (including phenoxy) is 2. The fourth-order valence-corrected chi connectivity index (χ4v) is 11.9.